The number of benzene rings is 1. The summed E-state index contributed by atoms with van der Waals surface area (Å²) in [6.45, 7) is 4.62. The Labute approximate surface area is 182 Å². The van der Waals surface area contributed by atoms with Crippen LogP contribution in [0.15, 0.2) is 52.2 Å². The van der Waals surface area contributed by atoms with Crippen molar-refractivity contribution in [1.82, 2.24) is 14.8 Å². The molecule has 0 N–H and O–H groups in total. The fourth-order valence-electron chi connectivity index (χ4n) is 3.87. The zero-order valence-electron chi connectivity index (χ0n) is 18.0. The molecule has 4 rings (SSSR count). The van der Waals surface area contributed by atoms with E-state index in [1.54, 1.807) is 23.1 Å². The van der Waals surface area contributed by atoms with Crippen LogP contribution >= 0.6 is 0 Å². The highest BCUT2D eigenvalue weighted by Crippen LogP contribution is 2.33. The van der Waals surface area contributed by atoms with Crippen molar-refractivity contribution in [3.05, 3.63) is 59.5 Å². The van der Waals surface area contributed by atoms with Gasteiger partial charge >= 0.3 is 0 Å². The third-order valence-corrected chi connectivity index (χ3v) is 5.60. The monoisotopic (exact) mass is 424 g/mol. The molecule has 1 saturated heterocycles. The van der Waals surface area contributed by atoms with Gasteiger partial charge < -0.3 is 14.1 Å². The van der Waals surface area contributed by atoms with Crippen LogP contribution < -0.4 is 0 Å². The Bertz CT molecular complexity index is 933. The van der Waals surface area contributed by atoms with Crippen LogP contribution in [0.2, 0.25) is 0 Å². The number of hydrogen-bond donors (Lipinski definition) is 0. The van der Waals surface area contributed by atoms with Crippen molar-refractivity contribution in [2.45, 2.75) is 19.4 Å². The quantitative estimate of drug-likeness (QED) is 0.709. The number of amides is 2. The minimum absolute atomic E-state index is 0.00597. The number of morpholine rings is 1. The first-order valence-electron chi connectivity index (χ1n) is 10.6. The molecule has 1 aromatic carbocycles. The molecule has 8 heteroatoms. The average molecular weight is 425 g/mol. The van der Waals surface area contributed by atoms with Gasteiger partial charge in [-0.2, -0.15) is 5.10 Å². The zero-order chi connectivity index (χ0) is 21.8. The van der Waals surface area contributed by atoms with E-state index in [4.69, 9.17) is 9.15 Å². The first kappa shape index (κ1) is 21.3. The highest BCUT2D eigenvalue weighted by molar-refractivity contribution is 6.03. The van der Waals surface area contributed by atoms with Gasteiger partial charge in [-0.25, -0.2) is 5.01 Å². The number of hydrogen-bond acceptors (Lipinski definition) is 6. The van der Waals surface area contributed by atoms with Crippen molar-refractivity contribution < 1.29 is 18.7 Å². The number of nitrogens with zero attached hydrogens (tertiary/aromatic N) is 4. The Morgan fingerprint density at radius 1 is 1.10 bits per heavy atom. The van der Waals surface area contributed by atoms with Crippen molar-refractivity contribution >= 4 is 17.5 Å². The van der Waals surface area contributed by atoms with Gasteiger partial charge in [-0.05, 0) is 31.7 Å². The van der Waals surface area contributed by atoms with E-state index < -0.39 is 0 Å². The SMILES string of the molecule is Cc1ccc(C2=NN(C(=O)CN(C)CC(=O)N3CCOCC3)[C@H](c3ccco3)C2)cc1. The van der Waals surface area contributed by atoms with E-state index in [1.807, 2.05) is 43.3 Å². The Balaban J connectivity index is 1.45. The van der Waals surface area contributed by atoms with Gasteiger partial charge in [0.15, 0.2) is 0 Å². The summed E-state index contributed by atoms with van der Waals surface area (Å²) in [5, 5.41) is 6.15. The molecule has 164 valence electrons. The lowest BCUT2D eigenvalue weighted by atomic mass is 10.0. The number of hydrazone groups is 1. The Hall–Kier alpha value is -2.97. The van der Waals surface area contributed by atoms with Crippen molar-refractivity contribution in [3.63, 3.8) is 0 Å². The van der Waals surface area contributed by atoms with Crippen molar-refractivity contribution in [1.29, 1.82) is 0 Å². The average Bonchev–Trinajstić information content (AvgIpc) is 3.45. The van der Waals surface area contributed by atoms with E-state index in [-0.39, 0.29) is 30.9 Å². The fraction of sp³-hybridized carbons (Fsp3) is 0.435. The summed E-state index contributed by atoms with van der Waals surface area (Å²) in [5.74, 6) is 0.540. The number of ether oxygens (including phenoxy) is 1. The highest BCUT2D eigenvalue weighted by Gasteiger charge is 2.35. The Kier molecular flexibility index (Phi) is 6.48. The largest absolute Gasteiger partial charge is 0.467 e. The molecular weight excluding hydrogens is 396 g/mol. The third kappa shape index (κ3) is 5.03. The van der Waals surface area contributed by atoms with Crippen LogP contribution in [0.1, 0.15) is 29.3 Å². The predicted octanol–water partition coefficient (Wildman–Crippen LogP) is 2.06. The van der Waals surface area contributed by atoms with E-state index in [2.05, 4.69) is 5.10 Å². The number of furan rings is 1. The van der Waals surface area contributed by atoms with E-state index in [1.165, 1.54) is 10.6 Å². The van der Waals surface area contributed by atoms with Crippen LogP contribution in [0.4, 0.5) is 0 Å². The van der Waals surface area contributed by atoms with Crippen LogP contribution in [0, 0.1) is 6.92 Å². The van der Waals surface area contributed by atoms with Crippen molar-refractivity contribution in [2.24, 2.45) is 5.10 Å². The second-order valence-electron chi connectivity index (χ2n) is 8.05. The summed E-state index contributed by atoms with van der Waals surface area (Å²) in [5.41, 5.74) is 3.01. The van der Waals surface area contributed by atoms with E-state index >= 15 is 0 Å². The first-order chi connectivity index (χ1) is 15.0. The molecule has 2 amide bonds. The summed E-state index contributed by atoms with van der Waals surface area (Å²) >= 11 is 0. The number of aryl methyl sites for hydroxylation is 1. The van der Waals surface area contributed by atoms with Gasteiger partial charge in [0.1, 0.15) is 11.8 Å². The molecule has 1 fully saturated rings. The van der Waals surface area contributed by atoms with Gasteiger partial charge in [0.25, 0.3) is 5.91 Å². The normalized spacial score (nSPS) is 19.1. The summed E-state index contributed by atoms with van der Waals surface area (Å²) in [6.07, 6.45) is 2.19. The van der Waals surface area contributed by atoms with E-state index in [0.29, 0.717) is 38.5 Å². The van der Waals surface area contributed by atoms with Gasteiger partial charge in [0, 0.05) is 19.5 Å². The van der Waals surface area contributed by atoms with Crippen molar-refractivity contribution in [2.75, 3.05) is 46.4 Å². The van der Waals surface area contributed by atoms with Crippen LogP contribution in [0.25, 0.3) is 0 Å². The molecule has 0 aliphatic carbocycles. The molecule has 1 atom stereocenters. The molecule has 0 saturated carbocycles. The zero-order valence-corrected chi connectivity index (χ0v) is 18.0. The molecule has 0 spiro atoms. The standard InChI is InChI=1S/C23H28N4O4/c1-17-5-7-18(8-6-17)19-14-20(21-4-3-11-31-21)27(24-19)23(29)16-25(2)15-22(28)26-9-12-30-13-10-26/h3-8,11,20H,9-10,12-16H2,1-2H3/t20-/m0/s1. The van der Waals surface area contributed by atoms with Crippen molar-refractivity contribution in [3.8, 4) is 0 Å². The maximum absolute atomic E-state index is 13.1. The van der Waals surface area contributed by atoms with Crippen LogP contribution in [0.5, 0.6) is 0 Å². The summed E-state index contributed by atoms with van der Waals surface area (Å²) in [7, 11) is 1.78. The molecule has 0 unspecified atom stereocenters. The highest BCUT2D eigenvalue weighted by atomic mass is 16.5. The Morgan fingerprint density at radius 2 is 1.81 bits per heavy atom. The van der Waals surface area contributed by atoms with Gasteiger partial charge in [0.2, 0.25) is 5.91 Å². The van der Waals surface area contributed by atoms with Gasteiger partial charge in [-0.15, -0.1) is 0 Å². The van der Waals surface area contributed by atoms with E-state index in [0.717, 1.165) is 11.3 Å². The summed E-state index contributed by atoms with van der Waals surface area (Å²) < 4.78 is 10.9. The smallest absolute Gasteiger partial charge is 0.257 e. The topological polar surface area (TPSA) is 78.6 Å². The fourth-order valence-corrected chi connectivity index (χ4v) is 3.87. The lowest BCUT2D eigenvalue weighted by molar-refractivity contribution is -0.138. The van der Waals surface area contributed by atoms with Gasteiger partial charge in [0.05, 0.1) is 38.3 Å². The molecule has 2 aliphatic heterocycles. The molecule has 1 aromatic heterocycles. The summed E-state index contributed by atoms with van der Waals surface area (Å²) in [6, 6.07) is 11.5. The first-order valence-corrected chi connectivity index (χ1v) is 10.6. The second kappa shape index (κ2) is 9.45. The molecule has 8 nitrogen and oxygen atoms in total. The second-order valence-corrected chi connectivity index (χ2v) is 8.05. The molecular formula is C23H28N4O4. The number of carbonyl (C=O) groups excluding carboxylic acids is 2. The van der Waals surface area contributed by atoms with Crippen LogP contribution in [-0.2, 0) is 14.3 Å². The molecule has 31 heavy (non-hydrogen) atoms. The molecule has 0 radical (unpaired) electrons. The maximum atomic E-state index is 13.1. The van der Waals surface area contributed by atoms with E-state index in [9.17, 15) is 9.59 Å². The lowest BCUT2D eigenvalue weighted by Crippen LogP contribution is -2.46. The molecule has 2 aliphatic rings. The predicted molar refractivity (Wildman–Crippen MR) is 116 cm³/mol. The third-order valence-electron chi connectivity index (χ3n) is 5.60. The van der Waals surface area contributed by atoms with Gasteiger partial charge in [-0.3, -0.25) is 14.5 Å². The molecule has 0 bridgehead atoms. The maximum Gasteiger partial charge on any atom is 0.257 e. The molecule has 2 aromatic rings. The number of rotatable bonds is 6. The number of carbonyl (C=O) groups is 2. The summed E-state index contributed by atoms with van der Waals surface area (Å²) in [4.78, 5) is 29.1. The van der Waals surface area contributed by atoms with Gasteiger partial charge in [-0.1, -0.05) is 29.8 Å². The van der Waals surface area contributed by atoms with Crippen LogP contribution in [0.3, 0.4) is 0 Å². The minimum atomic E-state index is -0.290. The van der Waals surface area contributed by atoms with Crippen LogP contribution in [-0.4, -0.2) is 78.8 Å². The Morgan fingerprint density at radius 3 is 2.48 bits per heavy atom. The minimum Gasteiger partial charge on any atom is -0.467 e. The number of likely N-dealkylation sites (N-methyl/N-ethyl adjacent to an activating group) is 1. The molecule has 3 heterocycles. The lowest BCUT2D eigenvalue weighted by Gasteiger charge is -2.29.